The van der Waals surface area contributed by atoms with Crippen LogP contribution >= 0.6 is 0 Å². The summed E-state index contributed by atoms with van der Waals surface area (Å²) >= 11 is 0. The van der Waals surface area contributed by atoms with E-state index in [9.17, 15) is 4.21 Å². The zero-order chi connectivity index (χ0) is 18.1. The summed E-state index contributed by atoms with van der Waals surface area (Å²) in [6.45, 7) is 7.57. The molecule has 0 aliphatic carbocycles. The number of hydrogen-bond acceptors (Lipinski definition) is 2. The second kappa shape index (κ2) is 9.99. The highest BCUT2D eigenvalue weighted by molar-refractivity contribution is 7.85. The van der Waals surface area contributed by atoms with Crippen molar-refractivity contribution in [2.75, 3.05) is 18.8 Å². The molecule has 0 radical (unpaired) electrons. The third-order valence-electron chi connectivity index (χ3n) is 3.91. The fourth-order valence-electron chi connectivity index (χ4n) is 2.61. The van der Waals surface area contributed by atoms with Crippen LogP contribution in [0.5, 0.6) is 0 Å². The average Bonchev–Trinajstić information content (AvgIpc) is 2.62. The van der Waals surface area contributed by atoms with E-state index in [1.165, 1.54) is 11.1 Å². The quantitative estimate of drug-likeness (QED) is 0.590. The SMILES string of the molecule is CCNC(=NCCS(=O)c1ccccc1)NC(C)c1ccccc1C. The maximum absolute atomic E-state index is 12.3. The minimum atomic E-state index is -1.02. The lowest BCUT2D eigenvalue weighted by atomic mass is 10.0. The van der Waals surface area contributed by atoms with Gasteiger partial charge in [0.2, 0.25) is 0 Å². The third-order valence-corrected chi connectivity index (χ3v) is 5.26. The van der Waals surface area contributed by atoms with Gasteiger partial charge in [-0.1, -0.05) is 42.5 Å². The number of nitrogens with one attached hydrogen (secondary N) is 2. The summed E-state index contributed by atoms with van der Waals surface area (Å²) in [6, 6.07) is 18.0. The van der Waals surface area contributed by atoms with Crippen molar-refractivity contribution in [1.29, 1.82) is 0 Å². The summed E-state index contributed by atoms with van der Waals surface area (Å²) < 4.78 is 12.3. The first-order valence-electron chi connectivity index (χ1n) is 8.65. The first-order valence-corrected chi connectivity index (χ1v) is 9.97. The summed E-state index contributed by atoms with van der Waals surface area (Å²) in [5, 5.41) is 6.68. The van der Waals surface area contributed by atoms with Crippen LogP contribution in [0, 0.1) is 6.92 Å². The number of nitrogens with zero attached hydrogens (tertiary/aromatic N) is 1. The Labute approximate surface area is 153 Å². The third kappa shape index (κ3) is 6.02. The van der Waals surface area contributed by atoms with Gasteiger partial charge in [0.1, 0.15) is 0 Å². The number of benzene rings is 2. The normalized spacial score (nSPS) is 14.0. The summed E-state index contributed by atoms with van der Waals surface area (Å²) in [5.41, 5.74) is 2.50. The lowest BCUT2D eigenvalue weighted by Crippen LogP contribution is -2.39. The molecule has 0 amide bonds. The van der Waals surface area contributed by atoms with E-state index in [0.717, 1.165) is 17.4 Å². The highest BCUT2D eigenvalue weighted by Gasteiger charge is 2.10. The molecule has 0 spiro atoms. The molecule has 0 heterocycles. The molecule has 0 saturated heterocycles. The van der Waals surface area contributed by atoms with Gasteiger partial charge in [0.25, 0.3) is 0 Å². The van der Waals surface area contributed by atoms with Crippen molar-refractivity contribution in [3.63, 3.8) is 0 Å². The Morgan fingerprint density at radius 3 is 2.48 bits per heavy atom. The van der Waals surface area contributed by atoms with E-state index in [2.05, 4.69) is 41.6 Å². The molecular weight excluding hydrogens is 330 g/mol. The Hall–Kier alpha value is -2.14. The van der Waals surface area contributed by atoms with Crippen LogP contribution < -0.4 is 10.6 Å². The van der Waals surface area contributed by atoms with Crippen molar-refractivity contribution < 1.29 is 4.21 Å². The van der Waals surface area contributed by atoms with Gasteiger partial charge in [-0.2, -0.15) is 0 Å². The standard InChI is InChI=1S/C20H27N3OS/c1-4-21-20(23-17(3)19-13-9-8-10-16(19)2)22-14-15-25(24)18-11-6-5-7-12-18/h5-13,17H,4,14-15H2,1-3H3,(H2,21,22,23). The van der Waals surface area contributed by atoms with Crippen LogP contribution in [0.3, 0.4) is 0 Å². The molecule has 0 saturated carbocycles. The second-order valence-electron chi connectivity index (χ2n) is 5.85. The number of aryl methyl sites for hydroxylation is 1. The summed E-state index contributed by atoms with van der Waals surface area (Å²) in [7, 11) is -1.02. The van der Waals surface area contributed by atoms with Crippen molar-refractivity contribution in [3.8, 4) is 0 Å². The Bertz CT molecular complexity index is 716. The van der Waals surface area contributed by atoms with Crippen LogP contribution in [0.2, 0.25) is 0 Å². The molecule has 2 N–H and O–H groups in total. The number of aliphatic imine (C=N–C) groups is 1. The van der Waals surface area contributed by atoms with E-state index >= 15 is 0 Å². The van der Waals surface area contributed by atoms with Gasteiger partial charge in [-0.15, -0.1) is 0 Å². The van der Waals surface area contributed by atoms with Gasteiger partial charge in [-0.05, 0) is 44.0 Å². The predicted molar refractivity (Wildman–Crippen MR) is 106 cm³/mol. The number of rotatable bonds is 7. The Morgan fingerprint density at radius 1 is 1.12 bits per heavy atom. The Morgan fingerprint density at radius 2 is 1.80 bits per heavy atom. The lowest BCUT2D eigenvalue weighted by molar-refractivity contribution is 0.679. The molecule has 2 unspecified atom stereocenters. The number of hydrogen-bond donors (Lipinski definition) is 2. The molecule has 5 heteroatoms. The lowest BCUT2D eigenvalue weighted by Gasteiger charge is -2.19. The van der Waals surface area contributed by atoms with E-state index in [1.807, 2.05) is 49.4 Å². The second-order valence-corrected chi connectivity index (χ2v) is 7.42. The van der Waals surface area contributed by atoms with Crippen LogP contribution in [0.1, 0.15) is 31.0 Å². The molecule has 4 nitrogen and oxygen atoms in total. The zero-order valence-corrected chi connectivity index (χ0v) is 16.0. The summed E-state index contributed by atoms with van der Waals surface area (Å²) in [4.78, 5) is 5.43. The fraction of sp³-hybridized carbons (Fsp3) is 0.350. The van der Waals surface area contributed by atoms with E-state index < -0.39 is 10.8 Å². The molecule has 0 bridgehead atoms. The smallest absolute Gasteiger partial charge is 0.191 e. The maximum atomic E-state index is 12.3. The Balaban J connectivity index is 1.96. The van der Waals surface area contributed by atoms with Crippen molar-refractivity contribution in [2.45, 2.75) is 31.7 Å². The minimum Gasteiger partial charge on any atom is -0.357 e. The topological polar surface area (TPSA) is 53.5 Å². The van der Waals surface area contributed by atoms with Crippen LogP contribution in [0.25, 0.3) is 0 Å². The van der Waals surface area contributed by atoms with Crippen LogP contribution in [0.4, 0.5) is 0 Å². The van der Waals surface area contributed by atoms with Crippen molar-refractivity contribution >= 4 is 16.8 Å². The average molecular weight is 358 g/mol. The van der Waals surface area contributed by atoms with E-state index in [4.69, 9.17) is 0 Å². The first kappa shape index (κ1) is 19.2. The van der Waals surface area contributed by atoms with Crippen molar-refractivity contribution in [3.05, 3.63) is 65.7 Å². The molecule has 0 aliphatic heterocycles. The molecule has 0 aliphatic rings. The minimum absolute atomic E-state index is 0.152. The molecule has 0 aromatic heterocycles. The summed E-state index contributed by atoms with van der Waals surface area (Å²) in [5.74, 6) is 1.27. The van der Waals surface area contributed by atoms with Crippen LogP contribution in [-0.2, 0) is 10.8 Å². The molecule has 2 aromatic rings. The molecular formula is C20H27N3OS. The first-order chi connectivity index (χ1) is 12.1. The van der Waals surface area contributed by atoms with Gasteiger partial charge in [-0.3, -0.25) is 9.20 Å². The molecule has 2 aromatic carbocycles. The Kier molecular flexibility index (Phi) is 7.67. The van der Waals surface area contributed by atoms with Gasteiger partial charge in [0, 0.05) is 17.2 Å². The van der Waals surface area contributed by atoms with Crippen LogP contribution in [-0.4, -0.2) is 29.0 Å². The van der Waals surface area contributed by atoms with Gasteiger partial charge < -0.3 is 10.6 Å². The largest absolute Gasteiger partial charge is 0.357 e. The predicted octanol–water partition coefficient (Wildman–Crippen LogP) is 3.42. The van der Waals surface area contributed by atoms with Gasteiger partial charge in [-0.25, -0.2) is 0 Å². The van der Waals surface area contributed by atoms with Crippen LogP contribution in [0.15, 0.2) is 64.5 Å². The maximum Gasteiger partial charge on any atom is 0.191 e. The summed E-state index contributed by atoms with van der Waals surface area (Å²) in [6.07, 6.45) is 0. The van der Waals surface area contributed by atoms with Crippen molar-refractivity contribution in [1.82, 2.24) is 10.6 Å². The number of guanidine groups is 1. The van der Waals surface area contributed by atoms with E-state index in [-0.39, 0.29) is 6.04 Å². The molecule has 2 rings (SSSR count). The fourth-order valence-corrected chi connectivity index (χ4v) is 3.56. The van der Waals surface area contributed by atoms with Gasteiger partial charge in [0.15, 0.2) is 5.96 Å². The molecule has 25 heavy (non-hydrogen) atoms. The zero-order valence-electron chi connectivity index (χ0n) is 15.2. The van der Waals surface area contributed by atoms with E-state index in [0.29, 0.717) is 12.3 Å². The van der Waals surface area contributed by atoms with Gasteiger partial charge >= 0.3 is 0 Å². The van der Waals surface area contributed by atoms with Gasteiger partial charge in [0.05, 0.1) is 23.4 Å². The van der Waals surface area contributed by atoms with Crippen molar-refractivity contribution in [2.24, 2.45) is 4.99 Å². The monoisotopic (exact) mass is 357 g/mol. The molecule has 0 fully saturated rings. The molecule has 134 valence electrons. The molecule has 2 atom stereocenters. The van der Waals surface area contributed by atoms with E-state index in [1.54, 1.807) is 0 Å². The highest BCUT2D eigenvalue weighted by atomic mass is 32.2. The highest BCUT2D eigenvalue weighted by Crippen LogP contribution is 2.16.